The smallest absolute Gasteiger partial charge is 0.121 e. The van der Waals surface area contributed by atoms with Gasteiger partial charge in [-0.2, -0.15) is 18.2 Å². The van der Waals surface area contributed by atoms with E-state index >= 15 is 0 Å². The molecule has 20 heavy (non-hydrogen) atoms. The summed E-state index contributed by atoms with van der Waals surface area (Å²) in [6.07, 6.45) is 0. The average molecular weight is 479 g/mol. The van der Waals surface area contributed by atoms with Gasteiger partial charge in [0.1, 0.15) is 5.75 Å². The molecule has 0 amide bonds. The molecule has 0 fully saturated rings. The molecule has 0 aromatic heterocycles. The summed E-state index contributed by atoms with van der Waals surface area (Å²) in [5, 5.41) is 9.69. The maximum Gasteiger partial charge on any atom is 0.121 e. The third kappa shape index (κ3) is 6.07. The number of rotatable bonds is 0. The van der Waals surface area contributed by atoms with Gasteiger partial charge in [-0.15, -0.1) is 0 Å². The minimum atomic E-state index is 0. The Kier molecular flexibility index (Phi) is 14.2. The SMILES string of the molecule is Cc1c(C)c(C)c(O)c(C)c1C.[Cl-].[Cl-].[Hf].c1cc[cH-]c1. The first kappa shape index (κ1) is 24.8. The summed E-state index contributed by atoms with van der Waals surface area (Å²) in [6, 6.07) is 10.0. The molecule has 0 unspecified atom stereocenters. The van der Waals surface area contributed by atoms with E-state index in [-0.39, 0.29) is 50.7 Å². The maximum atomic E-state index is 9.69. The number of phenols is 1. The van der Waals surface area contributed by atoms with Gasteiger partial charge < -0.3 is 29.9 Å². The van der Waals surface area contributed by atoms with Crippen LogP contribution in [0.4, 0.5) is 0 Å². The molecule has 4 heteroatoms. The molecule has 0 spiro atoms. The first-order chi connectivity index (χ1) is 7.96. The normalized spacial score (nSPS) is 8.25. The molecule has 0 aliphatic carbocycles. The van der Waals surface area contributed by atoms with Crippen LogP contribution in [0.5, 0.6) is 5.75 Å². The number of benzene rings is 1. The van der Waals surface area contributed by atoms with E-state index in [4.69, 9.17) is 0 Å². The molecule has 0 aliphatic rings. The van der Waals surface area contributed by atoms with Crippen LogP contribution in [0.2, 0.25) is 0 Å². The third-order valence-electron chi connectivity index (χ3n) is 3.52. The predicted octanol–water partition coefficient (Wildman–Crippen LogP) is -1.65. The molecule has 2 aromatic rings. The van der Waals surface area contributed by atoms with Gasteiger partial charge in [0, 0.05) is 25.8 Å². The van der Waals surface area contributed by atoms with Crippen molar-refractivity contribution >= 4 is 0 Å². The first-order valence-corrected chi connectivity index (χ1v) is 5.89. The second kappa shape index (κ2) is 11.5. The maximum absolute atomic E-state index is 9.69. The van der Waals surface area contributed by atoms with E-state index in [2.05, 4.69) is 20.8 Å². The fourth-order valence-corrected chi connectivity index (χ4v) is 1.80. The molecule has 0 heterocycles. The molecule has 0 aliphatic heterocycles. The number of aromatic hydroxyl groups is 1. The third-order valence-corrected chi connectivity index (χ3v) is 3.52. The van der Waals surface area contributed by atoms with Crippen LogP contribution in [-0.2, 0) is 25.8 Å². The van der Waals surface area contributed by atoms with Gasteiger partial charge in [-0.1, -0.05) is 0 Å². The van der Waals surface area contributed by atoms with Crippen LogP contribution in [-0.4, -0.2) is 5.11 Å². The molecular formula is C16H21Cl2HfO-3. The topological polar surface area (TPSA) is 20.2 Å². The van der Waals surface area contributed by atoms with Crippen molar-refractivity contribution < 1.29 is 55.8 Å². The van der Waals surface area contributed by atoms with Gasteiger partial charge in [-0.3, -0.25) is 0 Å². The molecule has 112 valence electrons. The molecular weight excluding hydrogens is 458 g/mol. The summed E-state index contributed by atoms with van der Waals surface area (Å²) in [6.45, 7) is 10.1. The Morgan fingerprint density at radius 3 is 1.25 bits per heavy atom. The predicted molar refractivity (Wildman–Crippen MR) is 73.8 cm³/mol. The van der Waals surface area contributed by atoms with Crippen LogP contribution in [0.25, 0.3) is 0 Å². The number of hydrogen-bond acceptors (Lipinski definition) is 1. The number of phenolic OH excluding ortho intramolecular Hbond substituents is 1. The zero-order valence-electron chi connectivity index (χ0n) is 12.6. The van der Waals surface area contributed by atoms with E-state index in [9.17, 15) is 5.11 Å². The Morgan fingerprint density at radius 2 is 1.00 bits per heavy atom. The van der Waals surface area contributed by atoms with Crippen molar-refractivity contribution in [2.75, 3.05) is 0 Å². The van der Waals surface area contributed by atoms with Crippen molar-refractivity contribution in [2.24, 2.45) is 0 Å². The quantitative estimate of drug-likeness (QED) is 0.355. The van der Waals surface area contributed by atoms with Gasteiger partial charge in [-0.25, -0.2) is 12.1 Å². The summed E-state index contributed by atoms with van der Waals surface area (Å²) < 4.78 is 0. The van der Waals surface area contributed by atoms with Crippen molar-refractivity contribution in [1.29, 1.82) is 0 Å². The van der Waals surface area contributed by atoms with Gasteiger partial charge in [0.25, 0.3) is 0 Å². The fraction of sp³-hybridized carbons (Fsp3) is 0.312. The largest absolute Gasteiger partial charge is 1.00 e. The van der Waals surface area contributed by atoms with E-state index in [1.807, 2.05) is 44.2 Å². The van der Waals surface area contributed by atoms with Gasteiger partial charge in [0.05, 0.1) is 0 Å². The van der Waals surface area contributed by atoms with Crippen LogP contribution in [0.3, 0.4) is 0 Å². The molecule has 0 saturated heterocycles. The number of halogens is 2. The molecule has 1 N–H and O–H groups in total. The van der Waals surface area contributed by atoms with Crippen molar-refractivity contribution in [1.82, 2.24) is 0 Å². The fourth-order valence-electron chi connectivity index (χ4n) is 1.80. The zero-order chi connectivity index (χ0) is 13.0. The minimum Gasteiger partial charge on any atom is -1.00 e. The molecule has 0 bridgehead atoms. The van der Waals surface area contributed by atoms with E-state index < -0.39 is 0 Å². The molecule has 0 saturated carbocycles. The van der Waals surface area contributed by atoms with Crippen LogP contribution >= 0.6 is 0 Å². The summed E-state index contributed by atoms with van der Waals surface area (Å²) in [5.74, 6) is 0.454. The first-order valence-electron chi connectivity index (χ1n) is 5.89. The van der Waals surface area contributed by atoms with Crippen LogP contribution in [0, 0.1) is 34.6 Å². The zero-order valence-corrected chi connectivity index (χ0v) is 17.7. The molecule has 2 aromatic carbocycles. The summed E-state index contributed by atoms with van der Waals surface area (Å²) in [7, 11) is 0. The van der Waals surface area contributed by atoms with Crippen molar-refractivity contribution in [2.45, 2.75) is 34.6 Å². The monoisotopic (exact) mass is 479 g/mol. The summed E-state index contributed by atoms with van der Waals surface area (Å²) in [5.41, 5.74) is 5.72. The van der Waals surface area contributed by atoms with Crippen molar-refractivity contribution in [3.8, 4) is 5.75 Å². The molecule has 0 atom stereocenters. The molecule has 1 nitrogen and oxygen atoms in total. The Bertz CT molecular complexity index is 371. The standard InChI is InChI=1S/C11H16O.C5H5.2ClH.Hf/c1-6-7(2)9(4)11(12)10(5)8(6)3;1-2-4-5-3-1;;;/h12H,1-5H3;1-5H;2*1H;/q;-1;;;/p-2. The van der Waals surface area contributed by atoms with E-state index in [1.54, 1.807) is 0 Å². The van der Waals surface area contributed by atoms with Gasteiger partial charge in [-0.05, 0) is 62.4 Å². The Labute approximate surface area is 153 Å². The van der Waals surface area contributed by atoms with Crippen molar-refractivity contribution in [3.63, 3.8) is 0 Å². The van der Waals surface area contributed by atoms with E-state index in [0.717, 1.165) is 11.1 Å². The molecule has 0 radical (unpaired) electrons. The van der Waals surface area contributed by atoms with E-state index in [1.165, 1.54) is 16.7 Å². The van der Waals surface area contributed by atoms with Gasteiger partial charge >= 0.3 is 0 Å². The Morgan fingerprint density at radius 1 is 0.700 bits per heavy atom. The Hall–Kier alpha value is -0.180. The second-order valence-electron chi connectivity index (χ2n) is 4.44. The van der Waals surface area contributed by atoms with Crippen LogP contribution in [0.15, 0.2) is 30.3 Å². The van der Waals surface area contributed by atoms with Crippen LogP contribution in [0.1, 0.15) is 27.8 Å². The van der Waals surface area contributed by atoms with Gasteiger partial charge in [0.2, 0.25) is 0 Å². The van der Waals surface area contributed by atoms with Crippen molar-refractivity contribution in [3.05, 3.63) is 58.1 Å². The van der Waals surface area contributed by atoms with E-state index in [0.29, 0.717) is 5.75 Å². The van der Waals surface area contributed by atoms with Gasteiger partial charge in [0.15, 0.2) is 0 Å². The summed E-state index contributed by atoms with van der Waals surface area (Å²) in [4.78, 5) is 0. The van der Waals surface area contributed by atoms with Crippen LogP contribution < -0.4 is 24.8 Å². The Balaban J connectivity index is -0.000000312. The summed E-state index contributed by atoms with van der Waals surface area (Å²) >= 11 is 0. The average Bonchev–Trinajstić information content (AvgIpc) is 2.90. The molecule has 2 rings (SSSR count). The minimum absolute atomic E-state index is 0. The number of hydrogen-bond donors (Lipinski definition) is 1. The second-order valence-corrected chi connectivity index (χ2v) is 4.44.